The zero-order valence-corrected chi connectivity index (χ0v) is 21.8. The molecule has 2 atom stereocenters. The molecule has 0 radical (unpaired) electrons. The van der Waals surface area contributed by atoms with E-state index in [1.54, 1.807) is 24.3 Å². The summed E-state index contributed by atoms with van der Waals surface area (Å²) in [5, 5.41) is 9.01. The molecule has 1 unspecified atom stereocenters. The van der Waals surface area contributed by atoms with Gasteiger partial charge in [-0.25, -0.2) is 9.59 Å². The highest BCUT2D eigenvalue weighted by Crippen LogP contribution is 2.27. The van der Waals surface area contributed by atoms with Crippen molar-refractivity contribution in [2.45, 2.75) is 58.1 Å². The Morgan fingerprint density at radius 1 is 1.03 bits per heavy atom. The maximum absolute atomic E-state index is 12.3. The number of hydrogen-bond donors (Lipinski definition) is 1. The van der Waals surface area contributed by atoms with Crippen LogP contribution in [0.3, 0.4) is 0 Å². The lowest BCUT2D eigenvalue weighted by Gasteiger charge is -2.38. The van der Waals surface area contributed by atoms with Crippen LogP contribution in [0.2, 0.25) is 0 Å². The number of carboxylic acids is 1. The number of carbonyl (C=O) groups excluding carboxylic acids is 1. The van der Waals surface area contributed by atoms with E-state index in [1.165, 1.54) is 12.8 Å². The summed E-state index contributed by atoms with van der Waals surface area (Å²) < 4.78 is 11.4. The van der Waals surface area contributed by atoms with E-state index in [0.717, 1.165) is 57.2 Å². The van der Waals surface area contributed by atoms with Crippen molar-refractivity contribution in [1.29, 1.82) is 0 Å². The summed E-state index contributed by atoms with van der Waals surface area (Å²) in [6, 6.07) is 7.02. The Balaban J connectivity index is 1.14. The number of piperidine rings is 1. The van der Waals surface area contributed by atoms with Gasteiger partial charge >= 0.3 is 11.9 Å². The van der Waals surface area contributed by atoms with Gasteiger partial charge < -0.3 is 19.5 Å². The van der Waals surface area contributed by atoms with E-state index >= 15 is 0 Å². The van der Waals surface area contributed by atoms with E-state index in [2.05, 4.69) is 15.9 Å². The average molecular weight is 497 g/mol. The molecule has 0 bridgehead atoms. The van der Waals surface area contributed by atoms with E-state index in [0.29, 0.717) is 24.1 Å². The first-order valence-electron chi connectivity index (χ1n) is 13.2. The van der Waals surface area contributed by atoms with Gasteiger partial charge in [0.15, 0.2) is 0 Å². The molecule has 3 aliphatic rings. The number of esters is 1. The van der Waals surface area contributed by atoms with Crippen molar-refractivity contribution < 1.29 is 24.2 Å². The van der Waals surface area contributed by atoms with Gasteiger partial charge in [-0.1, -0.05) is 18.2 Å². The second-order valence-electron chi connectivity index (χ2n) is 11.4. The fourth-order valence-corrected chi connectivity index (χ4v) is 5.32. The SMILES string of the molecule is CC(C)(C)OC(=O)C1=CCC(N2CCC(CN3CC[C@@H](COc4ccc(C(=O)O)cc4)C3)CC2)C=C1. The van der Waals surface area contributed by atoms with Gasteiger partial charge in [0, 0.05) is 25.0 Å². The molecule has 1 aliphatic carbocycles. The molecule has 0 spiro atoms. The molecule has 36 heavy (non-hydrogen) atoms. The second kappa shape index (κ2) is 11.6. The van der Waals surface area contributed by atoms with Crippen molar-refractivity contribution in [3.63, 3.8) is 0 Å². The van der Waals surface area contributed by atoms with Gasteiger partial charge in [-0.15, -0.1) is 0 Å². The van der Waals surface area contributed by atoms with E-state index in [9.17, 15) is 9.59 Å². The van der Waals surface area contributed by atoms with Gasteiger partial charge in [0.05, 0.1) is 17.7 Å². The Hall–Kier alpha value is -2.64. The molecule has 7 nitrogen and oxygen atoms in total. The fourth-order valence-electron chi connectivity index (χ4n) is 5.32. The Morgan fingerprint density at radius 3 is 2.33 bits per heavy atom. The zero-order chi connectivity index (χ0) is 25.7. The van der Waals surface area contributed by atoms with E-state index in [4.69, 9.17) is 14.6 Å². The van der Waals surface area contributed by atoms with Crippen LogP contribution in [-0.4, -0.2) is 77.8 Å². The molecule has 196 valence electrons. The molecular formula is C29H40N2O5. The lowest BCUT2D eigenvalue weighted by atomic mass is 9.93. The minimum atomic E-state index is -0.918. The minimum absolute atomic E-state index is 0.235. The number of hydrogen-bond acceptors (Lipinski definition) is 6. The van der Waals surface area contributed by atoms with Crippen LogP contribution in [0, 0.1) is 11.8 Å². The number of carbonyl (C=O) groups is 2. The molecule has 1 N–H and O–H groups in total. The molecule has 1 aromatic carbocycles. The summed E-state index contributed by atoms with van der Waals surface area (Å²) in [5.74, 6) is 0.822. The standard InChI is InChI=1S/C29H40N2O5/c1-29(2,3)36-28(34)24-4-8-25(9-5-24)31-16-13-21(14-17-31)18-30-15-12-22(19-30)20-35-26-10-6-23(7-11-26)27(32)33/h4-8,10-11,21-22,25H,9,12-20H2,1-3H3,(H,32,33)/t22-,25?/m1/s1. The van der Waals surface area contributed by atoms with Gasteiger partial charge in [-0.2, -0.15) is 0 Å². The smallest absolute Gasteiger partial charge is 0.338 e. The van der Waals surface area contributed by atoms with Crippen LogP contribution in [0.4, 0.5) is 0 Å². The maximum Gasteiger partial charge on any atom is 0.338 e. The number of nitrogens with zero attached hydrogens (tertiary/aromatic N) is 2. The highest BCUT2D eigenvalue weighted by atomic mass is 16.6. The third-order valence-corrected chi connectivity index (χ3v) is 7.30. The lowest BCUT2D eigenvalue weighted by Crippen LogP contribution is -2.43. The number of rotatable bonds is 8. The largest absolute Gasteiger partial charge is 0.493 e. The predicted molar refractivity (Wildman–Crippen MR) is 139 cm³/mol. The summed E-state index contributed by atoms with van der Waals surface area (Å²) in [6.45, 7) is 11.9. The first-order chi connectivity index (χ1) is 17.2. The Kier molecular flexibility index (Phi) is 8.52. The van der Waals surface area contributed by atoms with Crippen LogP contribution >= 0.6 is 0 Å². The monoisotopic (exact) mass is 496 g/mol. The molecular weight excluding hydrogens is 456 g/mol. The average Bonchev–Trinajstić information content (AvgIpc) is 3.30. The molecule has 0 saturated carbocycles. The molecule has 2 heterocycles. The topological polar surface area (TPSA) is 79.3 Å². The van der Waals surface area contributed by atoms with Crippen LogP contribution in [0.1, 0.15) is 56.8 Å². The molecule has 2 saturated heterocycles. The van der Waals surface area contributed by atoms with Crippen molar-refractivity contribution in [1.82, 2.24) is 9.80 Å². The van der Waals surface area contributed by atoms with Gasteiger partial charge in [-0.3, -0.25) is 4.90 Å². The Morgan fingerprint density at radius 2 is 1.72 bits per heavy atom. The summed E-state index contributed by atoms with van der Waals surface area (Å²) in [5.41, 5.74) is 0.478. The predicted octanol–water partition coefficient (Wildman–Crippen LogP) is 4.39. The zero-order valence-electron chi connectivity index (χ0n) is 21.8. The number of carboxylic acid groups (broad SMARTS) is 1. The molecule has 7 heteroatoms. The Labute approximate surface area is 214 Å². The molecule has 1 aromatic rings. The summed E-state index contributed by atoms with van der Waals surface area (Å²) >= 11 is 0. The van der Waals surface area contributed by atoms with Crippen molar-refractivity contribution in [2.75, 3.05) is 39.3 Å². The van der Waals surface area contributed by atoms with E-state index in [-0.39, 0.29) is 11.5 Å². The maximum atomic E-state index is 12.3. The highest BCUT2D eigenvalue weighted by molar-refractivity contribution is 5.92. The number of benzene rings is 1. The number of likely N-dealkylation sites (tertiary alicyclic amines) is 2. The van der Waals surface area contributed by atoms with E-state index in [1.807, 2.05) is 32.9 Å². The second-order valence-corrected chi connectivity index (χ2v) is 11.4. The summed E-state index contributed by atoms with van der Waals surface area (Å²) in [7, 11) is 0. The minimum Gasteiger partial charge on any atom is -0.493 e. The van der Waals surface area contributed by atoms with Crippen molar-refractivity contribution >= 4 is 11.9 Å². The molecule has 4 rings (SSSR count). The van der Waals surface area contributed by atoms with Crippen LogP contribution < -0.4 is 4.74 Å². The van der Waals surface area contributed by atoms with Gasteiger partial charge in [0.25, 0.3) is 0 Å². The van der Waals surface area contributed by atoms with Crippen LogP contribution in [0.5, 0.6) is 5.75 Å². The van der Waals surface area contributed by atoms with Crippen molar-refractivity contribution in [2.24, 2.45) is 11.8 Å². The van der Waals surface area contributed by atoms with Gasteiger partial charge in [0.2, 0.25) is 0 Å². The normalized spacial score (nSPS) is 23.9. The molecule has 2 fully saturated rings. The van der Waals surface area contributed by atoms with Gasteiger partial charge in [0.1, 0.15) is 11.4 Å². The van der Waals surface area contributed by atoms with Crippen LogP contribution in [0.25, 0.3) is 0 Å². The first-order valence-corrected chi connectivity index (χ1v) is 13.2. The third kappa shape index (κ3) is 7.43. The fraction of sp³-hybridized carbons (Fsp3) is 0.586. The Bertz CT molecular complexity index is 970. The molecule has 2 aliphatic heterocycles. The summed E-state index contributed by atoms with van der Waals surface area (Å²) in [4.78, 5) is 28.4. The summed E-state index contributed by atoms with van der Waals surface area (Å²) in [6.07, 6.45) is 10.5. The number of ether oxygens (including phenoxy) is 2. The van der Waals surface area contributed by atoms with Crippen molar-refractivity contribution in [3.05, 3.63) is 53.6 Å². The first kappa shape index (κ1) is 26.4. The molecule has 0 aromatic heterocycles. The van der Waals surface area contributed by atoms with Crippen LogP contribution in [-0.2, 0) is 9.53 Å². The quantitative estimate of drug-likeness (QED) is 0.535. The van der Waals surface area contributed by atoms with Crippen molar-refractivity contribution in [3.8, 4) is 5.75 Å². The van der Waals surface area contributed by atoms with Gasteiger partial charge in [-0.05, 0) is 96.3 Å². The third-order valence-electron chi connectivity index (χ3n) is 7.30. The lowest BCUT2D eigenvalue weighted by molar-refractivity contribution is -0.149. The van der Waals surface area contributed by atoms with E-state index < -0.39 is 11.6 Å². The molecule has 0 amide bonds. The number of aromatic carboxylic acids is 1. The highest BCUT2D eigenvalue weighted by Gasteiger charge is 2.29. The van der Waals surface area contributed by atoms with Crippen LogP contribution in [0.15, 0.2) is 48.1 Å².